The second-order valence-electron chi connectivity index (χ2n) is 7.48. The fourth-order valence-corrected chi connectivity index (χ4v) is 4.09. The molecule has 3 aromatic rings. The monoisotopic (exact) mass is 389 g/mol. The maximum absolute atomic E-state index is 12.0. The molecule has 0 saturated heterocycles. The summed E-state index contributed by atoms with van der Waals surface area (Å²) in [5, 5.41) is 11.0. The number of carbonyl (C=O) groups is 1. The van der Waals surface area contributed by atoms with Crippen LogP contribution in [0.2, 0.25) is 0 Å². The van der Waals surface area contributed by atoms with E-state index < -0.39 is 0 Å². The van der Waals surface area contributed by atoms with Crippen LogP contribution in [0.25, 0.3) is 10.9 Å². The normalized spacial score (nSPS) is 16.4. The first kappa shape index (κ1) is 19.1. The van der Waals surface area contributed by atoms with E-state index in [1.54, 1.807) is 7.05 Å². The van der Waals surface area contributed by atoms with Crippen LogP contribution in [0.15, 0.2) is 53.7 Å². The van der Waals surface area contributed by atoms with E-state index in [0.29, 0.717) is 13.0 Å². The van der Waals surface area contributed by atoms with Gasteiger partial charge in [0.15, 0.2) is 5.96 Å². The van der Waals surface area contributed by atoms with Crippen molar-refractivity contribution in [3.63, 3.8) is 0 Å². The highest BCUT2D eigenvalue weighted by Gasteiger charge is 2.24. The molecule has 0 radical (unpaired) electrons. The summed E-state index contributed by atoms with van der Waals surface area (Å²) in [6.45, 7) is 3.59. The SMILES string of the molecule is CN=C(NCCc1c[nH]c2cccc(C)c12)NCC1CC(=O)Nc2ccccc21. The highest BCUT2D eigenvalue weighted by Crippen LogP contribution is 2.31. The molecular weight excluding hydrogens is 362 g/mol. The lowest BCUT2D eigenvalue weighted by molar-refractivity contribution is -0.116. The van der Waals surface area contributed by atoms with Gasteiger partial charge in [-0.1, -0.05) is 30.3 Å². The molecule has 4 N–H and O–H groups in total. The lowest BCUT2D eigenvalue weighted by atomic mass is 9.90. The standard InChI is InChI=1S/C23H27N5O/c1-15-6-5-9-20-22(15)16(13-26-20)10-11-25-23(24-2)27-14-17-12-21(29)28-19-8-4-3-7-18(17)19/h3-9,13,17,26H,10-12,14H2,1-2H3,(H,28,29)(H2,24,25,27). The number of amides is 1. The molecule has 0 bridgehead atoms. The third-order valence-electron chi connectivity index (χ3n) is 5.53. The van der Waals surface area contributed by atoms with Crippen molar-refractivity contribution in [2.75, 3.05) is 25.5 Å². The highest BCUT2D eigenvalue weighted by atomic mass is 16.1. The molecule has 0 saturated carbocycles. The Balaban J connectivity index is 1.34. The molecule has 29 heavy (non-hydrogen) atoms. The molecule has 6 nitrogen and oxygen atoms in total. The van der Waals surface area contributed by atoms with Crippen LogP contribution < -0.4 is 16.0 Å². The van der Waals surface area contributed by atoms with E-state index in [1.165, 1.54) is 27.6 Å². The molecule has 1 unspecified atom stereocenters. The van der Waals surface area contributed by atoms with Gasteiger partial charge in [0.25, 0.3) is 0 Å². The molecule has 4 rings (SSSR count). The number of aromatic amines is 1. The van der Waals surface area contributed by atoms with E-state index in [0.717, 1.165) is 24.6 Å². The third-order valence-corrected chi connectivity index (χ3v) is 5.53. The fourth-order valence-electron chi connectivity index (χ4n) is 4.09. The molecule has 1 aromatic heterocycles. The number of aromatic nitrogens is 1. The summed E-state index contributed by atoms with van der Waals surface area (Å²) in [5.41, 5.74) is 5.85. The van der Waals surface area contributed by atoms with Gasteiger partial charge < -0.3 is 20.9 Å². The average molecular weight is 390 g/mol. The minimum absolute atomic E-state index is 0.0631. The number of fused-ring (bicyclic) bond motifs is 2. The molecule has 1 aliphatic heterocycles. The first-order chi connectivity index (χ1) is 14.2. The van der Waals surface area contributed by atoms with Gasteiger partial charge in [-0.3, -0.25) is 9.79 Å². The molecular formula is C23H27N5O. The Bertz CT molecular complexity index is 1050. The second-order valence-corrected chi connectivity index (χ2v) is 7.48. The quantitative estimate of drug-likeness (QED) is 0.399. The van der Waals surface area contributed by atoms with Crippen LogP contribution in [0.4, 0.5) is 5.69 Å². The summed E-state index contributed by atoms with van der Waals surface area (Å²) < 4.78 is 0. The van der Waals surface area contributed by atoms with E-state index in [2.05, 4.69) is 63.3 Å². The van der Waals surface area contributed by atoms with Crippen molar-refractivity contribution in [2.24, 2.45) is 4.99 Å². The zero-order chi connectivity index (χ0) is 20.2. The number of nitrogens with one attached hydrogen (secondary N) is 4. The minimum Gasteiger partial charge on any atom is -0.361 e. The lowest BCUT2D eigenvalue weighted by Gasteiger charge is -2.26. The molecule has 1 aliphatic rings. The Hall–Kier alpha value is -3.28. The average Bonchev–Trinajstić information content (AvgIpc) is 3.14. The predicted octanol–water partition coefficient (Wildman–Crippen LogP) is 3.31. The Labute approximate surface area is 170 Å². The Morgan fingerprint density at radius 1 is 1.17 bits per heavy atom. The molecule has 0 aliphatic carbocycles. The zero-order valence-corrected chi connectivity index (χ0v) is 16.9. The van der Waals surface area contributed by atoms with Crippen LogP contribution in [0.3, 0.4) is 0 Å². The number of carbonyl (C=O) groups excluding carboxylic acids is 1. The van der Waals surface area contributed by atoms with Crippen LogP contribution in [-0.2, 0) is 11.2 Å². The van der Waals surface area contributed by atoms with Gasteiger partial charge in [0.2, 0.25) is 5.91 Å². The second kappa shape index (κ2) is 8.39. The molecule has 0 fully saturated rings. The topological polar surface area (TPSA) is 81.3 Å². The van der Waals surface area contributed by atoms with Crippen molar-refractivity contribution >= 4 is 28.5 Å². The molecule has 1 amide bonds. The van der Waals surface area contributed by atoms with Crippen molar-refractivity contribution in [1.29, 1.82) is 0 Å². The first-order valence-electron chi connectivity index (χ1n) is 10.0. The van der Waals surface area contributed by atoms with E-state index in [-0.39, 0.29) is 11.8 Å². The number of rotatable bonds is 5. The predicted molar refractivity (Wildman–Crippen MR) is 119 cm³/mol. The smallest absolute Gasteiger partial charge is 0.225 e. The van der Waals surface area contributed by atoms with Crippen LogP contribution in [0.5, 0.6) is 0 Å². The number of aliphatic imine (C=N–C) groups is 1. The number of para-hydroxylation sites is 1. The molecule has 150 valence electrons. The number of guanidine groups is 1. The van der Waals surface area contributed by atoms with Crippen molar-refractivity contribution in [1.82, 2.24) is 15.6 Å². The summed E-state index contributed by atoms with van der Waals surface area (Å²) in [6, 6.07) is 14.3. The van der Waals surface area contributed by atoms with Gasteiger partial charge in [-0.15, -0.1) is 0 Å². The van der Waals surface area contributed by atoms with Crippen LogP contribution in [0, 0.1) is 6.92 Å². The summed E-state index contributed by atoms with van der Waals surface area (Å²) in [4.78, 5) is 19.7. The van der Waals surface area contributed by atoms with Gasteiger partial charge in [0.05, 0.1) is 0 Å². The summed E-state index contributed by atoms with van der Waals surface area (Å²) in [7, 11) is 1.77. The minimum atomic E-state index is 0.0631. The number of aryl methyl sites for hydroxylation is 1. The Morgan fingerprint density at radius 2 is 2.03 bits per heavy atom. The number of benzene rings is 2. The maximum atomic E-state index is 12.0. The van der Waals surface area contributed by atoms with Gasteiger partial charge >= 0.3 is 0 Å². The molecule has 1 atom stereocenters. The molecule has 2 aromatic carbocycles. The van der Waals surface area contributed by atoms with E-state index >= 15 is 0 Å². The Kier molecular flexibility index (Phi) is 5.51. The maximum Gasteiger partial charge on any atom is 0.225 e. The number of hydrogen-bond acceptors (Lipinski definition) is 2. The van der Waals surface area contributed by atoms with Crippen LogP contribution in [-0.4, -0.2) is 37.0 Å². The number of anilines is 1. The van der Waals surface area contributed by atoms with Gasteiger partial charge in [-0.05, 0) is 42.2 Å². The van der Waals surface area contributed by atoms with Crippen molar-refractivity contribution in [3.8, 4) is 0 Å². The van der Waals surface area contributed by atoms with Gasteiger partial charge in [0, 0.05) is 55.3 Å². The Morgan fingerprint density at radius 3 is 2.90 bits per heavy atom. The summed E-state index contributed by atoms with van der Waals surface area (Å²) >= 11 is 0. The van der Waals surface area contributed by atoms with Gasteiger partial charge in [-0.25, -0.2) is 0 Å². The fraction of sp³-hybridized carbons (Fsp3) is 0.304. The van der Waals surface area contributed by atoms with Crippen LogP contribution >= 0.6 is 0 Å². The van der Waals surface area contributed by atoms with E-state index in [9.17, 15) is 4.79 Å². The molecule has 0 spiro atoms. The summed E-state index contributed by atoms with van der Waals surface area (Å²) in [5.74, 6) is 0.952. The van der Waals surface area contributed by atoms with Crippen LogP contribution in [0.1, 0.15) is 29.0 Å². The van der Waals surface area contributed by atoms with Gasteiger partial charge in [0.1, 0.15) is 0 Å². The first-order valence-corrected chi connectivity index (χ1v) is 10.0. The third kappa shape index (κ3) is 4.11. The van der Waals surface area contributed by atoms with Gasteiger partial charge in [-0.2, -0.15) is 0 Å². The molecule has 6 heteroatoms. The lowest BCUT2D eigenvalue weighted by Crippen LogP contribution is -2.41. The number of nitrogens with zero attached hydrogens (tertiary/aromatic N) is 1. The van der Waals surface area contributed by atoms with Crippen molar-refractivity contribution in [3.05, 3.63) is 65.4 Å². The van der Waals surface area contributed by atoms with E-state index in [4.69, 9.17) is 0 Å². The molecule has 2 heterocycles. The summed E-state index contributed by atoms with van der Waals surface area (Å²) in [6.07, 6.45) is 3.48. The number of H-pyrrole nitrogens is 1. The van der Waals surface area contributed by atoms with Crippen molar-refractivity contribution < 1.29 is 4.79 Å². The largest absolute Gasteiger partial charge is 0.361 e. The van der Waals surface area contributed by atoms with Crippen molar-refractivity contribution in [2.45, 2.75) is 25.7 Å². The number of hydrogen-bond donors (Lipinski definition) is 4. The van der Waals surface area contributed by atoms with E-state index in [1.807, 2.05) is 18.2 Å². The highest BCUT2D eigenvalue weighted by molar-refractivity contribution is 5.95. The zero-order valence-electron chi connectivity index (χ0n) is 16.9.